The van der Waals surface area contributed by atoms with Gasteiger partial charge in [0, 0.05) is 12.2 Å². The number of nitrogens with zero attached hydrogens (tertiary/aromatic N) is 3. The number of aromatic nitrogens is 3. The lowest BCUT2D eigenvalue weighted by molar-refractivity contribution is -0.118. The van der Waals surface area contributed by atoms with Crippen molar-refractivity contribution < 1.29 is 4.79 Å². The molecule has 1 heterocycles. The molecule has 0 radical (unpaired) electrons. The van der Waals surface area contributed by atoms with Crippen LogP contribution in [0.3, 0.4) is 0 Å². The van der Waals surface area contributed by atoms with E-state index in [2.05, 4.69) is 59.7 Å². The first kappa shape index (κ1) is 19.2. The lowest BCUT2D eigenvalue weighted by atomic mass is 10.0. The second kappa shape index (κ2) is 8.86. The van der Waals surface area contributed by atoms with Crippen LogP contribution in [-0.2, 0) is 11.3 Å². The topological polar surface area (TPSA) is 59.8 Å². The fourth-order valence-electron chi connectivity index (χ4n) is 2.72. The van der Waals surface area contributed by atoms with Crippen LogP contribution >= 0.6 is 11.8 Å². The zero-order chi connectivity index (χ0) is 19.2. The van der Waals surface area contributed by atoms with Crippen LogP contribution in [0, 0.1) is 6.92 Å². The lowest BCUT2D eigenvalue weighted by Gasteiger charge is -2.09. The summed E-state index contributed by atoms with van der Waals surface area (Å²) >= 11 is 1.38. The summed E-state index contributed by atoms with van der Waals surface area (Å²) in [5.74, 6) is 0.770. The number of aryl methyl sites for hydroxylation is 1. The highest BCUT2D eigenvalue weighted by Crippen LogP contribution is 2.21. The Hall–Kier alpha value is -2.60. The van der Waals surface area contributed by atoms with Gasteiger partial charge in [0.05, 0.1) is 5.75 Å². The van der Waals surface area contributed by atoms with E-state index < -0.39 is 0 Å². The minimum Gasteiger partial charge on any atom is -0.351 e. The average molecular weight is 381 g/mol. The van der Waals surface area contributed by atoms with Crippen LogP contribution in [0.5, 0.6) is 0 Å². The number of carbonyl (C=O) groups is 1. The maximum absolute atomic E-state index is 12.2. The Morgan fingerprint density at radius 1 is 1.19 bits per heavy atom. The van der Waals surface area contributed by atoms with Crippen LogP contribution in [0.15, 0.2) is 60.0 Å². The molecule has 3 aromatic rings. The van der Waals surface area contributed by atoms with Crippen LogP contribution in [0.25, 0.3) is 5.69 Å². The van der Waals surface area contributed by atoms with E-state index in [1.54, 1.807) is 6.33 Å². The Bertz CT molecular complexity index is 903. The van der Waals surface area contributed by atoms with E-state index in [-0.39, 0.29) is 5.91 Å². The highest BCUT2D eigenvalue weighted by atomic mass is 32.2. The third kappa shape index (κ3) is 5.20. The molecule has 0 aliphatic heterocycles. The van der Waals surface area contributed by atoms with Crippen molar-refractivity contribution in [3.63, 3.8) is 0 Å². The van der Waals surface area contributed by atoms with Crippen molar-refractivity contribution in [1.82, 2.24) is 20.1 Å². The summed E-state index contributed by atoms with van der Waals surface area (Å²) in [6.45, 7) is 6.92. The van der Waals surface area contributed by atoms with Crippen molar-refractivity contribution in [2.75, 3.05) is 5.75 Å². The SMILES string of the molecule is Cc1cccc(CNC(=O)CSc2nncn2-c2ccc(C(C)C)cc2)c1. The molecule has 5 nitrogen and oxygen atoms in total. The molecule has 0 fully saturated rings. The fourth-order valence-corrected chi connectivity index (χ4v) is 3.48. The van der Waals surface area contributed by atoms with Gasteiger partial charge in [-0.2, -0.15) is 0 Å². The summed E-state index contributed by atoms with van der Waals surface area (Å²) in [5.41, 5.74) is 4.57. The van der Waals surface area contributed by atoms with E-state index >= 15 is 0 Å². The van der Waals surface area contributed by atoms with Gasteiger partial charge in [-0.05, 0) is 36.1 Å². The first-order chi connectivity index (χ1) is 13.0. The minimum absolute atomic E-state index is 0.0220. The molecule has 1 aromatic heterocycles. The number of rotatable bonds is 7. The predicted octanol–water partition coefficient (Wildman–Crippen LogP) is 4.11. The molecule has 2 aromatic carbocycles. The molecular formula is C21H24N4OS. The van der Waals surface area contributed by atoms with Crippen LogP contribution < -0.4 is 5.32 Å². The van der Waals surface area contributed by atoms with Gasteiger partial charge in [-0.1, -0.05) is 67.6 Å². The van der Waals surface area contributed by atoms with Crippen molar-refractivity contribution in [2.45, 2.75) is 38.4 Å². The molecule has 0 bridgehead atoms. The minimum atomic E-state index is -0.0220. The lowest BCUT2D eigenvalue weighted by Crippen LogP contribution is -2.24. The van der Waals surface area contributed by atoms with Gasteiger partial charge in [0.25, 0.3) is 0 Å². The molecule has 0 saturated carbocycles. The smallest absolute Gasteiger partial charge is 0.230 e. The van der Waals surface area contributed by atoms with Gasteiger partial charge in [0.15, 0.2) is 5.16 Å². The molecule has 0 aliphatic carbocycles. The van der Waals surface area contributed by atoms with E-state index in [9.17, 15) is 4.79 Å². The standard InChI is InChI=1S/C21H24N4OS/c1-15(2)18-7-9-19(10-8-18)25-14-23-24-21(25)27-13-20(26)22-12-17-6-4-5-16(3)11-17/h4-11,14-15H,12-13H2,1-3H3,(H,22,26). The fraction of sp³-hybridized carbons (Fsp3) is 0.286. The number of carbonyl (C=O) groups excluding carboxylic acids is 1. The van der Waals surface area contributed by atoms with Crippen molar-refractivity contribution >= 4 is 17.7 Å². The number of hydrogen-bond donors (Lipinski definition) is 1. The van der Waals surface area contributed by atoms with Crippen molar-refractivity contribution in [1.29, 1.82) is 0 Å². The van der Waals surface area contributed by atoms with Gasteiger partial charge in [0.1, 0.15) is 6.33 Å². The molecular weight excluding hydrogens is 356 g/mol. The van der Waals surface area contributed by atoms with E-state index in [1.807, 2.05) is 29.7 Å². The third-order valence-corrected chi connectivity index (χ3v) is 5.20. The average Bonchev–Trinajstić information content (AvgIpc) is 3.13. The van der Waals surface area contributed by atoms with Crippen molar-refractivity contribution in [3.8, 4) is 5.69 Å². The Morgan fingerprint density at radius 3 is 2.67 bits per heavy atom. The Balaban J connectivity index is 1.57. The molecule has 0 unspecified atom stereocenters. The quantitative estimate of drug-likeness (QED) is 0.627. The maximum Gasteiger partial charge on any atom is 0.230 e. The number of hydrogen-bond acceptors (Lipinski definition) is 4. The molecule has 3 rings (SSSR count). The van der Waals surface area contributed by atoms with Crippen molar-refractivity contribution in [3.05, 3.63) is 71.5 Å². The Labute approximate surface area is 164 Å². The van der Waals surface area contributed by atoms with Gasteiger partial charge < -0.3 is 5.32 Å². The second-order valence-corrected chi connectivity index (χ2v) is 7.73. The van der Waals surface area contributed by atoms with Gasteiger partial charge in [-0.15, -0.1) is 10.2 Å². The van der Waals surface area contributed by atoms with Gasteiger partial charge in [-0.25, -0.2) is 0 Å². The van der Waals surface area contributed by atoms with Crippen molar-refractivity contribution in [2.24, 2.45) is 0 Å². The second-order valence-electron chi connectivity index (χ2n) is 6.78. The van der Waals surface area contributed by atoms with Crippen LogP contribution in [0.1, 0.15) is 36.5 Å². The molecule has 0 spiro atoms. The summed E-state index contributed by atoms with van der Waals surface area (Å²) in [4.78, 5) is 12.2. The number of benzene rings is 2. The van der Waals surface area contributed by atoms with E-state index in [0.717, 1.165) is 11.3 Å². The molecule has 1 amide bonds. The summed E-state index contributed by atoms with van der Waals surface area (Å²) in [6, 6.07) is 16.5. The molecule has 6 heteroatoms. The molecule has 0 saturated heterocycles. The first-order valence-corrected chi connectivity index (χ1v) is 9.97. The highest BCUT2D eigenvalue weighted by Gasteiger charge is 2.10. The van der Waals surface area contributed by atoms with E-state index in [0.29, 0.717) is 23.4 Å². The van der Waals surface area contributed by atoms with E-state index in [1.165, 1.54) is 22.9 Å². The summed E-state index contributed by atoms with van der Waals surface area (Å²) < 4.78 is 1.91. The monoisotopic (exact) mass is 380 g/mol. The highest BCUT2D eigenvalue weighted by molar-refractivity contribution is 7.99. The normalized spacial score (nSPS) is 11.0. The molecule has 0 aliphatic rings. The molecule has 27 heavy (non-hydrogen) atoms. The zero-order valence-electron chi connectivity index (χ0n) is 15.8. The summed E-state index contributed by atoms with van der Waals surface area (Å²) in [7, 11) is 0. The van der Waals surface area contributed by atoms with Crippen LogP contribution in [-0.4, -0.2) is 26.4 Å². The first-order valence-electron chi connectivity index (χ1n) is 8.98. The van der Waals surface area contributed by atoms with E-state index in [4.69, 9.17) is 0 Å². The predicted molar refractivity (Wildman–Crippen MR) is 109 cm³/mol. The molecule has 1 N–H and O–H groups in total. The Kier molecular flexibility index (Phi) is 6.29. The Morgan fingerprint density at radius 2 is 1.96 bits per heavy atom. The molecule has 140 valence electrons. The number of thioether (sulfide) groups is 1. The summed E-state index contributed by atoms with van der Waals surface area (Å²) in [5, 5.41) is 11.8. The maximum atomic E-state index is 12.2. The number of amides is 1. The van der Waals surface area contributed by atoms with Crippen LogP contribution in [0.2, 0.25) is 0 Å². The largest absolute Gasteiger partial charge is 0.351 e. The molecule has 0 atom stereocenters. The van der Waals surface area contributed by atoms with Gasteiger partial charge >= 0.3 is 0 Å². The number of nitrogens with one attached hydrogen (secondary N) is 1. The van der Waals surface area contributed by atoms with Gasteiger partial charge in [-0.3, -0.25) is 9.36 Å². The zero-order valence-corrected chi connectivity index (χ0v) is 16.7. The third-order valence-electron chi connectivity index (χ3n) is 4.26. The van der Waals surface area contributed by atoms with Crippen LogP contribution in [0.4, 0.5) is 0 Å². The van der Waals surface area contributed by atoms with Gasteiger partial charge in [0.2, 0.25) is 5.91 Å². The summed E-state index contributed by atoms with van der Waals surface area (Å²) in [6.07, 6.45) is 1.68.